The summed E-state index contributed by atoms with van der Waals surface area (Å²) in [6.45, 7) is 4.97. The topological polar surface area (TPSA) is 78.5 Å². The molecule has 1 unspecified atom stereocenters. The van der Waals surface area contributed by atoms with Gasteiger partial charge in [-0.1, -0.05) is 26.0 Å². The Hall–Kier alpha value is -2.21. The van der Waals surface area contributed by atoms with E-state index in [0.717, 1.165) is 17.9 Å². The Bertz CT molecular complexity index is 578. The maximum atomic E-state index is 12.5. The second-order valence-electron chi connectivity index (χ2n) is 5.96. The van der Waals surface area contributed by atoms with E-state index >= 15 is 0 Å². The van der Waals surface area contributed by atoms with E-state index in [2.05, 4.69) is 10.6 Å². The van der Waals surface area contributed by atoms with Crippen LogP contribution < -0.4 is 10.6 Å². The third-order valence-electron chi connectivity index (χ3n) is 3.91. The van der Waals surface area contributed by atoms with Crippen LogP contribution in [0.4, 0.5) is 0 Å². The maximum absolute atomic E-state index is 12.5. The molecule has 0 bridgehead atoms. The summed E-state index contributed by atoms with van der Waals surface area (Å²) in [5, 5.41) is 5.82. The van der Waals surface area contributed by atoms with Crippen LogP contribution in [0.15, 0.2) is 24.3 Å². The summed E-state index contributed by atoms with van der Waals surface area (Å²) in [7, 11) is 1.84. The fourth-order valence-electron chi connectivity index (χ4n) is 2.76. The molecule has 0 spiro atoms. The van der Waals surface area contributed by atoms with Crippen molar-refractivity contribution in [3.8, 4) is 0 Å². The Kier molecular flexibility index (Phi) is 5.50. The van der Waals surface area contributed by atoms with Crippen molar-refractivity contribution in [1.82, 2.24) is 15.5 Å². The summed E-state index contributed by atoms with van der Waals surface area (Å²) in [6.07, 6.45) is 0.787. The van der Waals surface area contributed by atoms with Crippen LogP contribution in [-0.2, 0) is 4.79 Å². The van der Waals surface area contributed by atoms with Crippen molar-refractivity contribution in [1.29, 1.82) is 0 Å². The van der Waals surface area contributed by atoms with Gasteiger partial charge in [0.2, 0.25) is 5.91 Å². The fraction of sp³-hybridized carbons (Fsp3) is 0.471. The van der Waals surface area contributed by atoms with Gasteiger partial charge in [-0.25, -0.2) is 0 Å². The minimum absolute atomic E-state index is 0.165. The normalized spacial score (nSPS) is 15.0. The molecule has 124 valence electrons. The average Bonchev–Trinajstić information content (AvgIpc) is 2.77. The van der Waals surface area contributed by atoms with Crippen molar-refractivity contribution in [2.45, 2.75) is 26.3 Å². The van der Waals surface area contributed by atoms with Crippen molar-refractivity contribution in [3.05, 3.63) is 35.4 Å². The summed E-state index contributed by atoms with van der Waals surface area (Å²) < 4.78 is 0. The predicted molar refractivity (Wildman–Crippen MR) is 87.1 cm³/mol. The van der Waals surface area contributed by atoms with E-state index < -0.39 is 17.9 Å². The van der Waals surface area contributed by atoms with Crippen LogP contribution in [0.5, 0.6) is 0 Å². The largest absolute Gasteiger partial charge is 0.354 e. The van der Waals surface area contributed by atoms with Gasteiger partial charge in [0.05, 0.1) is 11.1 Å². The second kappa shape index (κ2) is 7.37. The highest BCUT2D eigenvalue weighted by atomic mass is 16.2. The molecule has 2 rings (SSSR count). The van der Waals surface area contributed by atoms with Crippen LogP contribution in [0.1, 0.15) is 41.0 Å². The lowest BCUT2D eigenvalue weighted by molar-refractivity contribution is -0.126. The van der Waals surface area contributed by atoms with Crippen LogP contribution in [-0.4, -0.2) is 48.8 Å². The Morgan fingerprint density at radius 2 is 1.65 bits per heavy atom. The lowest BCUT2D eigenvalue weighted by Gasteiger charge is -2.28. The zero-order valence-electron chi connectivity index (χ0n) is 13.8. The lowest BCUT2D eigenvalue weighted by Crippen LogP contribution is -2.52. The molecule has 0 saturated heterocycles. The minimum atomic E-state index is -0.794. The van der Waals surface area contributed by atoms with Crippen molar-refractivity contribution in [2.24, 2.45) is 5.92 Å². The highest BCUT2D eigenvalue weighted by Gasteiger charge is 2.43. The third-order valence-corrected chi connectivity index (χ3v) is 3.91. The zero-order valence-corrected chi connectivity index (χ0v) is 13.8. The predicted octanol–water partition coefficient (Wildman–Crippen LogP) is 1.03. The summed E-state index contributed by atoms with van der Waals surface area (Å²) in [5.41, 5.74) is 0.734. The quantitative estimate of drug-likeness (QED) is 0.582. The molecule has 0 radical (unpaired) electrons. The first-order chi connectivity index (χ1) is 11.0. The fourth-order valence-corrected chi connectivity index (χ4v) is 2.76. The van der Waals surface area contributed by atoms with Crippen molar-refractivity contribution in [2.75, 3.05) is 20.1 Å². The van der Waals surface area contributed by atoms with Crippen molar-refractivity contribution < 1.29 is 14.4 Å². The number of nitrogens with one attached hydrogen (secondary N) is 2. The number of rotatable bonds is 7. The Morgan fingerprint density at radius 1 is 1.09 bits per heavy atom. The van der Waals surface area contributed by atoms with E-state index in [4.69, 9.17) is 0 Å². The van der Waals surface area contributed by atoms with Crippen LogP contribution in [0, 0.1) is 5.92 Å². The van der Waals surface area contributed by atoms with Gasteiger partial charge in [0.15, 0.2) is 0 Å². The SMILES string of the molecule is CNCCCNC(=O)C(C(C)C)N1C(=O)c2ccccc2C1=O. The average molecular weight is 317 g/mol. The van der Waals surface area contributed by atoms with E-state index in [1.807, 2.05) is 20.9 Å². The smallest absolute Gasteiger partial charge is 0.262 e. The van der Waals surface area contributed by atoms with Crippen LogP contribution >= 0.6 is 0 Å². The van der Waals surface area contributed by atoms with E-state index in [9.17, 15) is 14.4 Å². The zero-order chi connectivity index (χ0) is 17.0. The monoisotopic (exact) mass is 317 g/mol. The number of nitrogens with zero attached hydrogens (tertiary/aromatic N) is 1. The van der Waals surface area contributed by atoms with Gasteiger partial charge in [-0.3, -0.25) is 19.3 Å². The summed E-state index contributed by atoms with van der Waals surface area (Å²) >= 11 is 0. The summed E-state index contributed by atoms with van der Waals surface area (Å²) in [6, 6.07) is 5.89. The van der Waals surface area contributed by atoms with Gasteiger partial charge in [0, 0.05) is 6.54 Å². The maximum Gasteiger partial charge on any atom is 0.262 e. The van der Waals surface area contributed by atoms with Gasteiger partial charge in [-0.15, -0.1) is 0 Å². The van der Waals surface area contributed by atoms with E-state index in [0.29, 0.717) is 17.7 Å². The number of fused-ring (bicyclic) bond motifs is 1. The second-order valence-corrected chi connectivity index (χ2v) is 5.96. The molecule has 23 heavy (non-hydrogen) atoms. The van der Waals surface area contributed by atoms with Gasteiger partial charge < -0.3 is 10.6 Å². The molecule has 3 amide bonds. The Balaban J connectivity index is 2.18. The first-order valence-corrected chi connectivity index (χ1v) is 7.88. The Morgan fingerprint density at radius 3 is 2.13 bits per heavy atom. The molecule has 0 aliphatic carbocycles. The molecule has 6 nitrogen and oxygen atoms in total. The van der Waals surface area contributed by atoms with Crippen molar-refractivity contribution >= 4 is 17.7 Å². The van der Waals surface area contributed by atoms with Gasteiger partial charge in [0.1, 0.15) is 6.04 Å². The molecule has 1 aromatic carbocycles. The molecule has 1 heterocycles. The molecule has 1 aliphatic rings. The van der Waals surface area contributed by atoms with Crippen LogP contribution in [0.25, 0.3) is 0 Å². The van der Waals surface area contributed by atoms with Crippen LogP contribution in [0.2, 0.25) is 0 Å². The summed E-state index contributed by atoms with van der Waals surface area (Å²) in [5.74, 6) is -1.24. The van der Waals surface area contributed by atoms with Crippen molar-refractivity contribution in [3.63, 3.8) is 0 Å². The van der Waals surface area contributed by atoms with Gasteiger partial charge in [-0.2, -0.15) is 0 Å². The molecule has 0 fully saturated rings. The Labute approximate surface area is 136 Å². The number of carbonyl (C=O) groups excluding carboxylic acids is 3. The molecular formula is C17H23N3O3. The standard InChI is InChI=1S/C17H23N3O3/c1-11(2)14(15(21)19-10-6-9-18-3)20-16(22)12-7-4-5-8-13(12)17(20)23/h4-5,7-8,11,14,18H,6,9-10H2,1-3H3,(H,19,21). The molecular weight excluding hydrogens is 294 g/mol. The first-order valence-electron chi connectivity index (χ1n) is 7.88. The lowest BCUT2D eigenvalue weighted by atomic mass is 10.0. The van der Waals surface area contributed by atoms with E-state index in [1.165, 1.54) is 0 Å². The third kappa shape index (κ3) is 3.42. The van der Waals surface area contributed by atoms with E-state index in [1.54, 1.807) is 24.3 Å². The number of benzene rings is 1. The molecule has 6 heteroatoms. The highest BCUT2D eigenvalue weighted by Crippen LogP contribution is 2.27. The molecule has 0 aromatic heterocycles. The van der Waals surface area contributed by atoms with E-state index in [-0.39, 0.29) is 11.8 Å². The molecule has 1 aliphatic heterocycles. The highest BCUT2D eigenvalue weighted by molar-refractivity contribution is 6.22. The number of hydrogen-bond acceptors (Lipinski definition) is 4. The van der Waals surface area contributed by atoms with Gasteiger partial charge >= 0.3 is 0 Å². The number of imide groups is 1. The number of amides is 3. The van der Waals surface area contributed by atoms with Gasteiger partial charge in [-0.05, 0) is 38.1 Å². The first kappa shape index (κ1) is 17.1. The number of hydrogen-bond donors (Lipinski definition) is 2. The molecule has 2 N–H and O–H groups in total. The molecule has 0 saturated carbocycles. The number of carbonyl (C=O) groups is 3. The summed E-state index contributed by atoms with van der Waals surface area (Å²) in [4.78, 5) is 38.7. The van der Waals surface area contributed by atoms with Crippen LogP contribution in [0.3, 0.4) is 0 Å². The molecule has 1 aromatic rings. The minimum Gasteiger partial charge on any atom is -0.354 e. The molecule has 1 atom stereocenters. The van der Waals surface area contributed by atoms with Gasteiger partial charge in [0.25, 0.3) is 11.8 Å².